The Morgan fingerprint density at radius 1 is 1.44 bits per heavy atom. The van der Waals surface area contributed by atoms with Gasteiger partial charge in [-0.1, -0.05) is 12.5 Å². The van der Waals surface area contributed by atoms with Crippen LogP contribution >= 0.6 is 0 Å². The number of aliphatic hydroxyl groups excluding tert-OH is 1. The van der Waals surface area contributed by atoms with Crippen LogP contribution < -0.4 is 0 Å². The van der Waals surface area contributed by atoms with Gasteiger partial charge in [0.15, 0.2) is 0 Å². The van der Waals surface area contributed by atoms with Gasteiger partial charge in [-0.05, 0) is 49.1 Å². The summed E-state index contributed by atoms with van der Waals surface area (Å²) in [5.41, 5.74) is 2.27. The molecule has 2 fully saturated rings. The van der Waals surface area contributed by atoms with Gasteiger partial charge in [-0.3, -0.25) is 4.98 Å². The number of hydrogen-bond acceptors (Lipinski definition) is 2. The molecule has 2 aliphatic rings. The van der Waals surface area contributed by atoms with Crippen molar-refractivity contribution in [1.82, 2.24) is 4.98 Å². The topological polar surface area (TPSA) is 33.1 Å². The molecule has 2 heteroatoms. The number of fused-ring (bicyclic) bond motifs is 1. The van der Waals surface area contributed by atoms with Crippen LogP contribution in [0.2, 0.25) is 0 Å². The van der Waals surface area contributed by atoms with Gasteiger partial charge >= 0.3 is 0 Å². The Morgan fingerprint density at radius 3 is 2.88 bits per heavy atom. The molecule has 1 heterocycles. The number of nitrogens with zero attached hydrogens (tertiary/aromatic N) is 1. The Bertz CT molecular complexity index is 380. The van der Waals surface area contributed by atoms with Crippen LogP contribution in [0.25, 0.3) is 0 Å². The zero-order chi connectivity index (χ0) is 11.1. The fourth-order valence-corrected chi connectivity index (χ4v) is 3.51. The SMILES string of the molecule is Cc1cccnc1CC(O)C1C2CCCC21. The minimum absolute atomic E-state index is 0.163. The van der Waals surface area contributed by atoms with Crippen molar-refractivity contribution in [3.8, 4) is 0 Å². The van der Waals surface area contributed by atoms with Crippen LogP contribution in [-0.2, 0) is 6.42 Å². The summed E-state index contributed by atoms with van der Waals surface area (Å²) >= 11 is 0. The first-order valence-electron chi connectivity index (χ1n) is 6.36. The molecule has 0 radical (unpaired) electrons. The normalized spacial score (nSPS) is 33.5. The Kier molecular flexibility index (Phi) is 2.47. The van der Waals surface area contributed by atoms with Gasteiger partial charge in [0.1, 0.15) is 0 Å². The molecule has 2 saturated carbocycles. The number of aliphatic hydroxyl groups is 1. The molecule has 3 atom stereocenters. The van der Waals surface area contributed by atoms with E-state index in [1.807, 2.05) is 12.3 Å². The van der Waals surface area contributed by atoms with Gasteiger partial charge in [0, 0.05) is 18.3 Å². The van der Waals surface area contributed by atoms with Crippen LogP contribution in [0.1, 0.15) is 30.5 Å². The maximum Gasteiger partial charge on any atom is 0.0629 e. The number of aryl methyl sites for hydroxylation is 1. The van der Waals surface area contributed by atoms with Crippen molar-refractivity contribution in [3.05, 3.63) is 29.6 Å². The highest BCUT2D eigenvalue weighted by Crippen LogP contribution is 2.59. The maximum absolute atomic E-state index is 10.2. The summed E-state index contributed by atoms with van der Waals surface area (Å²) in [4.78, 5) is 4.36. The lowest BCUT2D eigenvalue weighted by atomic mass is 10.0. The van der Waals surface area contributed by atoms with Gasteiger partial charge in [0.2, 0.25) is 0 Å². The van der Waals surface area contributed by atoms with Gasteiger partial charge in [-0.25, -0.2) is 0 Å². The quantitative estimate of drug-likeness (QED) is 0.843. The van der Waals surface area contributed by atoms with Gasteiger partial charge in [0.05, 0.1) is 6.10 Å². The van der Waals surface area contributed by atoms with Crippen LogP contribution in [0.5, 0.6) is 0 Å². The summed E-state index contributed by atoms with van der Waals surface area (Å²) in [5, 5.41) is 10.2. The van der Waals surface area contributed by atoms with E-state index in [1.165, 1.54) is 24.8 Å². The summed E-state index contributed by atoms with van der Waals surface area (Å²) in [7, 11) is 0. The summed E-state index contributed by atoms with van der Waals surface area (Å²) < 4.78 is 0. The molecule has 0 aromatic carbocycles. The van der Waals surface area contributed by atoms with E-state index >= 15 is 0 Å². The molecular formula is C14H19NO. The highest BCUT2D eigenvalue weighted by Gasteiger charge is 2.55. The molecule has 3 unspecified atom stereocenters. The molecule has 3 rings (SSSR count). The van der Waals surface area contributed by atoms with Crippen molar-refractivity contribution in [2.24, 2.45) is 17.8 Å². The lowest BCUT2D eigenvalue weighted by molar-refractivity contribution is 0.134. The van der Waals surface area contributed by atoms with Crippen LogP contribution in [0.15, 0.2) is 18.3 Å². The highest BCUT2D eigenvalue weighted by atomic mass is 16.3. The second-order valence-electron chi connectivity index (χ2n) is 5.37. The molecule has 1 aromatic rings. The van der Waals surface area contributed by atoms with Crippen LogP contribution in [0, 0.1) is 24.7 Å². The van der Waals surface area contributed by atoms with Crippen molar-refractivity contribution in [2.75, 3.05) is 0 Å². The van der Waals surface area contributed by atoms with Crippen LogP contribution in [0.3, 0.4) is 0 Å². The Hall–Kier alpha value is -0.890. The van der Waals surface area contributed by atoms with Crippen LogP contribution in [0.4, 0.5) is 0 Å². The van der Waals surface area contributed by atoms with Crippen molar-refractivity contribution in [1.29, 1.82) is 0 Å². The molecule has 0 aliphatic heterocycles. The number of pyridine rings is 1. The first kappa shape index (κ1) is 10.3. The fourth-order valence-electron chi connectivity index (χ4n) is 3.51. The van der Waals surface area contributed by atoms with Crippen molar-refractivity contribution in [3.63, 3.8) is 0 Å². The van der Waals surface area contributed by atoms with Crippen LogP contribution in [-0.4, -0.2) is 16.2 Å². The smallest absolute Gasteiger partial charge is 0.0629 e. The molecule has 86 valence electrons. The third-order valence-electron chi connectivity index (χ3n) is 4.44. The largest absolute Gasteiger partial charge is 0.392 e. The average Bonchev–Trinajstić information content (AvgIpc) is 2.76. The predicted molar refractivity (Wildman–Crippen MR) is 63.0 cm³/mol. The monoisotopic (exact) mass is 217 g/mol. The number of rotatable bonds is 3. The average molecular weight is 217 g/mol. The molecule has 2 nitrogen and oxygen atoms in total. The minimum Gasteiger partial charge on any atom is -0.392 e. The zero-order valence-electron chi connectivity index (χ0n) is 9.76. The van der Waals surface area contributed by atoms with Gasteiger partial charge in [-0.2, -0.15) is 0 Å². The lowest BCUT2D eigenvalue weighted by Crippen LogP contribution is -2.17. The summed E-state index contributed by atoms with van der Waals surface area (Å²) in [6.07, 6.45) is 6.46. The molecule has 1 N–H and O–H groups in total. The molecule has 2 aliphatic carbocycles. The molecule has 0 spiro atoms. The second kappa shape index (κ2) is 3.85. The van der Waals surface area contributed by atoms with E-state index in [-0.39, 0.29) is 6.10 Å². The fraction of sp³-hybridized carbons (Fsp3) is 0.643. The van der Waals surface area contributed by atoms with Crippen molar-refractivity contribution >= 4 is 0 Å². The molecule has 0 saturated heterocycles. The van der Waals surface area contributed by atoms with E-state index in [4.69, 9.17) is 0 Å². The molecule has 0 amide bonds. The molecule has 1 aromatic heterocycles. The van der Waals surface area contributed by atoms with Gasteiger partial charge in [0.25, 0.3) is 0 Å². The third-order valence-corrected chi connectivity index (χ3v) is 4.44. The Labute approximate surface area is 96.7 Å². The molecule has 16 heavy (non-hydrogen) atoms. The first-order chi connectivity index (χ1) is 7.77. The number of aromatic nitrogens is 1. The van der Waals surface area contributed by atoms with E-state index in [0.29, 0.717) is 5.92 Å². The molecule has 0 bridgehead atoms. The number of hydrogen-bond donors (Lipinski definition) is 1. The van der Waals surface area contributed by atoms with E-state index in [9.17, 15) is 5.11 Å². The van der Waals surface area contributed by atoms with Crippen molar-refractivity contribution in [2.45, 2.75) is 38.7 Å². The summed E-state index contributed by atoms with van der Waals surface area (Å²) in [5.74, 6) is 2.24. The zero-order valence-corrected chi connectivity index (χ0v) is 9.76. The first-order valence-corrected chi connectivity index (χ1v) is 6.36. The van der Waals surface area contributed by atoms with E-state index in [1.54, 1.807) is 0 Å². The Morgan fingerprint density at radius 2 is 2.19 bits per heavy atom. The predicted octanol–water partition coefficient (Wildman–Crippen LogP) is 2.34. The molecular weight excluding hydrogens is 198 g/mol. The van der Waals surface area contributed by atoms with E-state index in [2.05, 4.69) is 18.0 Å². The summed E-state index contributed by atoms with van der Waals surface area (Å²) in [6.45, 7) is 2.07. The van der Waals surface area contributed by atoms with E-state index < -0.39 is 0 Å². The third kappa shape index (κ3) is 1.65. The second-order valence-corrected chi connectivity index (χ2v) is 5.37. The maximum atomic E-state index is 10.2. The van der Waals surface area contributed by atoms with E-state index in [0.717, 1.165) is 24.0 Å². The summed E-state index contributed by atoms with van der Waals surface area (Å²) in [6, 6.07) is 4.03. The lowest BCUT2D eigenvalue weighted by Gasteiger charge is -2.13. The minimum atomic E-state index is -0.163. The Balaban J connectivity index is 1.65. The van der Waals surface area contributed by atoms with Gasteiger partial charge < -0.3 is 5.11 Å². The standard InChI is InChI=1S/C14H19NO/c1-9-4-3-7-15-12(9)8-13(16)14-10-5-2-6-11(10)14/h3-4,7,10-11,13-14,16H,2,5-6,8H2,1H3. The van der Waals surface area contributed by atoms with Gasteiger partial charge in [-0.15, -0.1) is 0 Å². The van der Waals surface area contributed by atoms with Crippen molar-refractivity contribution < 1.29 is 5.11 Å². The highest BCUT2D eigenvalue weighted by molar-refractivity contribution is 5.19.